The van der Waals surface area contributed by atoms with Crippen LogP contribution in [-0.4, -0.2) is 12.1 Å². The molecule has 2 heteroatoms. The molecule has 0 aromatic heterocycles. The Labute approximate surface area is 97.0 Å². The molecule has 0 bridgehead atoms. The van der Waals surface area contributed by atoms with Gasteiger partial charge in [0, 0.05) is 12.1 Å². The van der Waals surface area contributed by atoms with Crippen LogP contribution in [0.2, 0.25) is 0 Å². The van der Waals surface area contributed by atoms with Gasteiger partial charge in [0.05, 0.1) is 0 Å². The third-order valence-electron chi connectivity index (χ3n) is 3.87. The molecule has 1 aromatic rings. The zero-order chi connectivity index (χ0) is 11.0. The van der Waals surface area contributed by atoms with Crippen LogP contribution < -0.4 is 10.1 Å². The fourth-order valence-electron chi connectivity index (χ4n) is 2.62. The van der Waals surface area contributed by atoms with Crippen molar-refractivity contribution in [3.63, 3.8) is 0 Å². The summed E-state index contributed by atoms with van der Waals surface area (Å²) in [6, 6.07) is 6.48. The number of fused-ring (bicyclic) bond motifs is 1. The number of benzene rings is 1. The van der Waals surface area contributed by atoms with Gasteiger partial charge < -0.3 is 10.1 Å². The van der Waals surface area contributed by atoms with Gasteiger partial charge >= 0.3 is 0 Å². The van der Waals surface area contributed by atoms with Crippen molar-refractivity contribution >= 4 is 0 Å². The van der Waals surface area contributed by atoms with Crippen LogP contribution in [-0.2, 0) is 13.0 Å². The Morgan fingerprint density at radius 3 is 2.94 bits per heavy atom. The van der Waals surface area contributed by atoms with E-state index in [0.29, 0.717) is 0 Å². The normalized spacial score (nSPS) is 22.1. The van der Waals surface area contributed by atoms with E-state index in [0.717, 1.165) is 25.3 Å². The lowest BCUT2D eigenvalue weighted by molar-refractivity contribution is 0.0102. The molecule has 86 valence electrons. The lowest BCUT2D eigenvalue weighted by Crippen LogP contribution is -2.40. The summed E-state index contributed by atoms with van der Waals surface area (Å²) in [5, 5.41) is 3.42. The Morgan fingerprint density at radius 2 is 2.19 bits per heavy atom. The molecule has 16 heavy (non-hydrogen) atoms. The van der Waals surface area contributed by atoms with E-state index in [2.05, 4.69) is 30.4 Å². The Balaban J connectivity index is 1.88. The van der Waals surface area contributed by atoms with Crippen LogP contribution in [0, 0.1) is 0 Å². The molecule has 0 radical (unpaired) electrons. The van der Waals surface area contributed by atoms with E-state index in [1.165, 1.54) is 30.4 Å². The van der Waals surface area contributed by atoms with Gasteiger partial charge in [-0.1, -0.05) is 12.1 Å². The number of rotatable bonds is 2. The Hall–Kier alpha value is -1.02. The van der Waals surface area contributed by atoms with Crippen molar-refractivity contribution in [3.8, 4) is 5.75 Å². The van der Waals surface area contributed by atoms with Crippen LogP contribution in [0.3, 0.4) is 0 Å². The van der Waals surface area contributed by atoms with Gasteiger partial charge in [-0.3, -0.25) is 0 Å². The average Bonchev–Trinajstić information content (AvgIpc) is 2.27. The first kappa shape index (κ1) is 10.2. The third kappa shape index (κ3) is 1.71. The molecular weight excluding hydrogens is 198 g/mol. The van der Waals surface area contributed by atoms with Crippen LogP contribution in [0.5, 0.6) is 5.75 Å². The largest absolute Gasteiger partial charge is 0.487 e. The van der Waals surface area contributed by atoms with E-state index in [1.807, 2.05) is 0 Å². The number of nitrogens with one attached hydrogen (secondary N) is 1. The molecule has 1 fully saturated rings. The monoisotopic (exact) mass is 217 g/mol. The molecule has 2 nitrogen and oxygen atoms in total. The van der Waals surface area contributed by atoms with Crippen LogP contribution in [0.4, 0.5) is 0 Å². The summed E-state index contributed by atoms with van der Waals surface area (Å²) in [6.07, 6.45) is 4.83. The van der Waals surface area contributed by atoms with Gasteiger partial charge in [-0.15, -0.1) is 0 Å². The first-order valence-electron chi connectivity index (χ1n) is 6.27. The summed E-state index contributed by atoms with van der Waals surface area (Å²) in [4.78, 5) is 0. The number of ether oxygens (including phenoxy) is 1. The first-order valence-corrected chi connectivity index (χ1v) is 6.27. The summed E-state index contributed by atoms with van der Waals surface area (Å²) >= 11 is 0. The maximum Gasteiger partial charge on any atom is 0.124 e. The van der Waals surface area contributed by atoms with Crippen LogP contribution in [0.25, 0.3) is 0 Å². The van der Waals surface area contributed by atoms with Gasteiger partial charge in [0.15, 0.2) is 0 Å². The predicted molar refractivity (Wildman–Crippen MR) is 64.7 cm³/mol. The minimum absolute atomic E-state index is 0.104. The Morgan fingerprint density at radius 1 is 1.31 bits per heavy atom. The second-order valence-corrected chi connectivity index (χ2v) is 5.23. The van der Waals surface area contributed by atoms with Gasteiger partial charge in [0.1, 0.15) is 11.4 Å². The van der Waals surface area contributed by atoms with Gasteiger partial charge in [-0.2, -0.15) is 0 Å². The van der Waals surface area contributed by atoms with E-state index in [4.69, 9.17) is 4.74 Å². The van der Waals surface area contributed by atoms with Crippen molar-refractivity contribution in [1.29, 1.82) is 0 Å². The maximum atomic E-state index is 6.20. The predicted octanol–water partition coefficient (Wildman–Crippen LogP) is 2.65. The second kappa shape index (κ2) is 3.77. The highest BCUT2D eigenvalue weighted by Crippen LogP contribution is 2.38. The van der Waals surface area contributed by atoms with Gasteiger partial charge in [0.25, 0.3) is 0 Å². The molecule has 0 unspecified atom stereocenters. The standard InChI is InChI=1S/C14H19NO/c1-14(7-3-8-14)16-13-5-2-4-11-6-9-15-10-12(11)13/h2,4-5,15H,3,6-10H2,1H3. The summed E-state index contributed by atoms with van der Waals surface area (Å²) in [6.45, 7) is 4.28. The van der Waals surface area contributed by atoms with E-state index >= 15 is 0 Å². The summed E-state index contributed by atoms with van der Waals surface area (Å²) in [7, 11) is 0. The molecule has 0 atom stereocenters. The summed E-state index contributed by atoms with van der Waals surface area (Å²) in [5.41, 5.74) is 2.94. The molecule has 1 heterocycles. The number of hydrogen-bond acceptors (Lipinski definition) is 2. The molecule has 3 rings (SSSR count). The van der Waals surface area contributed by atoms with Crippen molar-refractivity contribution in [2.24, 2.45) is 0 Å². The zero-order valence-electron chi connectivity index (χ0n) is 9.88. The first-order chi connectivity index (χ1) is 7.77. The minimum Gasteiger partial charge on any atom is -0.487 e. The van der Waals surface area contributed by atoms with Crippen molar-refractivity contribution in [1.82, 2.24) is 5.32 Å². The lowest BCUT2D eigenvalue weighted by Gasteiger charge is -2.39. The van der Waals surface area contributed by atoms with Crippen LogP contribution >= 0.6 is 0 Å². The molecule has 1 aliphatic heterocycles. The van der Waals surface area contributed by atoms with Gasteiger partial charge in [0.2, 0.25) is 0 Å². The second-order valence-electron chi connectivity index (χ2n) is 5.23. The third-order valence-corrected chi connectivity index (χ3v) is 3.87. The van der Waals surface area contributed by atoms with Gasteiger partial charge in [-0.05, 0) is 50.8 Å². The zero-order valence-corrected chi connectivity index (χ0v) is 9.88. The van der Waals surface area contributed by atoms with Crippen molar-refractivity contribution < 1.29 is 4.74 Å². The topological polar surface area (TPSA) is 21.3 Å². The molecule has 0 spiro atoms. The highest BCUT2D eigenvalue weighted by molar-refractivity contribution is 5.42. The maximum absolute atomic E-state index is 6.20. The smallest absolute Gasteiger partial charge is 0.124 e. The Bertz CT molecular complexity index is 396. The van der Waals surface area contributed by atoms with Crippen LogP contribution in [0.15, 0.2) is 18.2 Å². The molecular formula is C14H19NO. The van der Waals surface area contributed by atoms with E-state index in [-0.39, 0.29) is 5.60 Å². The fraction of sp³-hybridized carbons (Fsp3) is 0.571. The van der Waals surface area contributed by atoms with Crippen molar-refractivity contribution in [2.75, 3.05) is 6.54 Å². The van der Waals surface area contributed by atoms with Crippen molar-refractivity contribution in [3.05, 3.63) is 29.3 Å². The minimum atomic E-state index is 0.104. The van der Waals surface area contributed by atoms with Crippen LogP contribution in [0.1, 0.15) is 37.3 Å². The molecule has 1 N–H and O–H groups in total. The molecule has 0 saturated heterocycles. The van der Waals surface area contributed by atoms with Gasteiger partial charge in [-0.25, -0.2) is 0 Å². The number of hydrogen-bond donors (Lipinski definition) is 1. The molecule has 1 saturated carbocycles. The highest BCUT2D eigenvalue weighted by Gasteiger charge is 2.34. The molecule has 1 aromatic carbocycles. The fourth-order valence-corrected chi connectivity index (χ4v) is 2.62. The molecule has 0 amide bonds. The van der Waals surface area contributed by atoms with E-state index < -0.39 is 0 Å². The molecule has 2 aliphatic rings. The summed E-state index contributed by atoms with van der Waals surface area (Å²) in [5.74, 6) is 1.10. The van der Waals surface area contributed by atoms with E-state index in [9.17, 15) is 0 Å². The highest BCUT2D eigenvalue weighted by atomic mass is 16.5. The Kier molecular flexibility index (Phi) is 2.40. The average molecular weight is 217 g/mol. The quantitative estimate of drug-likeness (QED) is 0.822. The molecule has 1 aliphatic carbocycles. The van der Waals surface area contributed by atoms with E-state index in [1.54, 1.807) is 0 Å². The van der Waals surface area contributed by atoms with Crippen molar-refractivity contribution in [2.45, 2.75) is 44.8 Å². The SMILES string of the molecule is CC1(Oc2cccc3c2CNCC3)CCC1. The lowest BCUT2D eigenvalue weighted by atomic mass is 9.82. The summed E-state index contributed by atoms with van der Waals surface area (Å²) < 4.78 is 6.20.